The van der Waals surface area contributed by atoms with Crippen LogP contribution in [0.25, 0.3) is 0 Å². The van der Waals surface area contributed by atoms with Crippen molar-refractivity contribution in [1.29, 1.82) is 0 Å². The summed E-state index contributed by atoms with van der Waals surface area (Å²) in [5.74, 6) is 0. The molecule has 0 aliphatic rings. The highest BCUT2D eigenvalue weighted by atomic mass is 31.2. The first kappa shape index (κ1) is 13.1. The molecule has 94 valence electrons. The molecule has 18 heavy (non-hydrogen) atoms. The van der Waals surface area contributed by atoms with E-state index in [1.54, 1.807) is 0 Å². The Morgan fingerprint density at radius 1 is 0.833 bits per heavy atom. The van der Waals surface area contributed by atoms with E-state index in [2.05, 4.69) is 0 Å². The van der Waals surface area contributed by atoms with Crippen molar-refractivity contribution in [3.05, 3.63) is 71.8 Å². The SMILES string of the molecule is O=P(O)(CCc1ccccc1)Cc1ccccc1. The van der Waals surface area contributed by atoms with Gasteiger partial charge in [-0.05, 0) is 17.5 Å². The lowest BCUT2D eigenvalue weighted by Crippen LogP contribution is -1.97. The molecule has 0 saturated heterocycles. The van der Waals surface area contributed by atoms with Gasteiger partial charge in [0.15, 0.2) is 0 Å². The highest BCUT2D eigenvalue weighted by molar-refractivity contribution is 7.57. The number of rotatable bonds is 5. The number of aryl methyl sites for hydroxylation is 1. The highest BCUT2D eigenvalue weighted by Crippen LogP contribution is 2.44. The average molecular weight is 260 g/mol. The van der Waals surface area contributed by atoms with Crippen molar-refractivity contribution < 1.29 is 9.46 Å². The first-order valence-corrected chi connectivity index (χ1v) is 8.07. The van der Waals surface area contributed by atoms with Crippen molar-refractivity contribution in [3.63, 3.8) is 0 Å². The number of hydrogen-bond donors (Lipinski definition) is 1. The van der Waals surface area contributed by atoms with E-state index in [1.165, 1.54) is 0 Å². The normalized spacial score (nSPS) is 14.1. The van der Waals surface area contributed by atoms with E-state index in [0.29, 0.717) is 12.6 Å². The highest BCUT2D eigenvalue weighted by Gasteiger charge is 2.18. The Morgan fingerprint density at radius 3 is 1.89 bits per heavy atom. The summed E-state index contributed by atoms with van der Waals surface area (Å²) in [5, 5.41) is 0. The van der Waals surface area contributed by atoms with Gasteiger partial charge in [-0.2, -0.15) is 0 Å². The molecule has 2 nitrogen and oxygen atoms in total. The van der Waals surface area contributed by atoms with Gasteiger partial charge >= 0.3 is 0 Å². The molecular weight excluding hydrogens is 243 g/mol. The van der Waals surface area contributed by atoms with Gasteiger partial charge in [0, 0.05) is 12.3 Å². The van der Waals surface area contributed by atoms with Crippen molar-refractivity contribution in [2.45, 2.75) is 12.6 Å². The minimum absolute atomic E-state index is 0.265. The van der Waals surface area contributed by atoms with E-state index < -0.39 is 7.37 Å². The minimum atomic E-state index is -3.08. The fraction of sp³-hybridized carbons (Fsp3) is 0.200. The van der Waals surface area contributed by atoms with E-state index in [1.807, 2.05) is 60.7 Å². The second-order valence-electron chi connectivity index (χ2n) is 4.45. The van der Waals surface area contributed by atoms with E-state index in [9.17, 15) is 9.46 Å². The lowest BCUT2D eigenvalue weighted by Gasteiger charge is -2.11. The van der Waals surface area contributed by atoms with Crippen molar-refractivity contribution in [3.8, 4) is 0 Å². The molecular formula is C15H17O2P. The molecule has 0 aliphatic carbocycles. The van der Waals surface area contributed by atoms with E-state index >= 15 is 0 Å². The fourth-order valence-corrected chi connectivity index (χ4v) is 3.44. The van der Waals surface area contributed by atoms with Gasteiger partial charge in [-0.3, -0.25) is 4.57 Å². The van der Waals surface area contributed by atoms with E-state index in [0.717, 1.165) is 11.1 Å². The first-order chi connectivity index (χ1) is 8.66. The topological polar surface area (TPSA) is 37.3 Å². The summed E-state index contributed by atoms with van der Waals surface area (Å²) < 4.78 is 12.1. The Bertz CT molecular complexity index is 523. The van der Waals surface area contributed by atoms with Gasteiger partial charge in [0.05, 0.1) is 0 Å². The molecule has 0 bridgehead atoms. The van der Waals surface area contributed by atoms with Crippen LogP contribution in [-0.4, -0.2) is 11.1 Å². The molecule has 1 atom stereocenters. The zero-order chi connectivity index (χ0) is 12.8. The Labute approximate surface area is 108 Å². The van der Waals surface area contributed by atoms with Crippen LogP contribution in [-0.2, 0) is 17.1 Å². The molecule has 0 aromatic heterocycles. The third kappa shape index (κ3) is 4.14. The van der Waals surface area contributed by atoms with Crippen molar-refractivity contribution in [2.24, 2.45) is 0 Å². The monoisotopic (exact) mass is 260 g/mol. The van der Waals surface area contributed by atoms with Crippen LogP contribution in [0.3, 0.4) is 0 Å². The second-order valence-corrected chi connectivity index (χ2v) is 6.91. The molecule has 0 radical (unpaired) electrons. The maximum absolute atomic E-state index is 12.1. The molecule has 3 heteroatoms. The molecule has 1 unspecified atom stereocenters. The van der Waals surface area contributed by atoms with Gasteiger partial charge < -0.3 is 4.89 Å². The van der Waals surface area contributed by atoms with Gasteiger partial charge in [-0.25, -0.2) is 0 Å². The Balaban J connectivity index is 1.94. The summed E-state index contributed by atoms with van der Waals surface area (Å²) in [6.07, 6.45) is 1.26. The smallest absolute Gasteiger partial charge is 0.205 e. The third-order valence-corrected chi connectivity index (χ3v) is 4.65. The summed E-state index contributed by atoms with van der Waals surface area (Å²) in [6, 6.07) is 19.3. The van der Waals surface area contributed by atoms with Crippen LogP contribution in [0.5, 0.6) is 0 Å². The van der Waals surface area contributed by atoms with Crippen LogP contribution in [0, 0.1) is 0 Å². The predicted octanol–water partition coefficient (Wildman–Crippen LogP) is 3.70. The molecule has 2 rings (SSSR count). The van der Waals surface area contributed by atoms with E-state index in [4.69, 9.17) is 0 Å². The summed E-state index contributed by atoms with van der Waals surface area (Å²) in [4.78, 5) is 9.98. The van der Waals surface area contributed by atoms with Gasteiger partial charge in [0.25, 0.3) is 0 Å². The van der Waals surface area contributed by atoms with E-state index in [-0.39, 0.29) is 6.16 Å². The van der Waals surface area contributed by atoms with Gasteiger partial charge in [-0.1, -0.05) is 60.7 Å². The number of hydrogen-bond acceptors (Lipinski definition) is 1. The van der Waals surface area contributed by atoms with Gasteiger partial charge in [-0.15, -0.1) is 0 Å². The summed E-state index contributed by atoms with van der Waals surface area (Å²) in [5.41, 5.74) is 2.04. The maximum atomic E-state index is 12.1. The third-order valence-electron chi connectivity index (χ3n) is 2.87. The predicted molar refractivity (Wildman–Crippen MR) is 75.0 cm³/mol. The largest absolute Gasteiger partial charge is 0.344 e. The molecule has 0 saturated carbocycles. The standard InChI is InChI=1S/C15H17O2P/c16-18(17,13-15-9-5-2-6-10-15)12-11-14-7-3-1-4-8-14/h1-10H,11-13H2,(H,16,17). The zero-order valence-electron chi connectivity index (χ0n) is 10.2. The van der Waals surface area contributed by atoms with Crippen LogP contribution in [0.15, 0.2) is 60.7 Å². The molecule has 0 heterocycles. The zero-order valence-corrected chi connectivity index (χ0v) is 11.1. The van der Waals surface area contributed by atoms with Gasteiger partial charge in [0.1, 0.15) is 0 Å². The number of benzene rings is 2. The molecule has 2 aromatic rings. The molecule has 0 aliphatic heterocycles. The molecule has 2 aromatic carbocycles. The molecule has 0 spiro atoms. The molecule has 0 amide bonds. The van der Waals surface area contributed by atoms with Crippen LogP contribution >= 0.6 is 7.37 Å². The summed E-state index contributed by atoms with van der Waals surface area (Å²) >= 11 is 0. The molecule has 1 N–H and O–H groups in total. The van der Waals surface area contributed by atoms with Crippen molar-refractivity contribution in [1.82, 2.24) is 0 Å². The lowest BCUT2D eigenvalue weighted by atomic mass is 10.2. The van der Waals surface area contributed by atoms with Gasteiger partial charge in [0.2, 0.25) is 7.37 Å². The molecule has 0 fully saturated rings. The summed E-state index contributed by atoms with van der Waals surface area (Å²) in [6.45, 7) is 0. The minimum Gasteiger partial charge on any atom is -0.344 e. The quantitative estimate of drug-likeness (QED) is 0.832. The average Bonchev–Trinajstić information content (AvgIpc) is 2.38. The Kier molecular flexibility index (Phi) is 4.35. The van der Waals surface area contributed by atoms with Crippen molar-refractivity contribution in [2.75, 3.05) is 6.16 Å². The maximum Gasteiger partial charge on any atom is 0.205 e. The summed E-state index contributed by atoms with van der Waals surface area (Å²) in [7, 11) is -3.08. The van der Waals surface area contributed by atoms with Crippen LogP contribution in [0.4, 0.5) is 0 Å². The van der Waals surface area contributed by atoms with Crippen LogP contribution in [0.2, 0.25) is 0 Å². The van der Waals surface area contributed by atoms with Crippen LogP contribution < -0.4 is 0 Å². The fourth-order valence-electron chi connectivity index (χ4n) is 1.90. The lowest BCUT2D eigenvalue weighted by molar-refractivity contribution is 0.476. The van der Waals surface area contributed by atoms with Crippen molar-refractivity contribution >= 4 is 7.37 Å². The second kappa shape index (κ2) is 5.99. The Morgan fingerprint density at radius 2 is 1.33 bits per heavy atom. The van der Waals surface area contributed by atoms with Crippen LogP contribution in [0.1, 0.15) is 11.1 Å². The first-order valence-electron chi connectivity index (χ1n) is 6.04. The Hall–Kier alpha value is -1.37.